The van der Waals surface area contributed by atoms with Crippen LogP contribution >= 0.6 is 23.1 Å². The van der Waals surface area contributed by atoms with Gasteiger partial charge in [-0.3, -0.25) is 9.69 Å². The molecular weight excluding hydrogens is 428 g/mol. The topological polar surface area (TPSA) is 77.2 Å². The maximum Gasteiger partial charge on any atom is 0.275 e. The first-order chi connectivity index (χ1) is 15.3. The van der Waals surface area contributed by atoms with E-state index in [-0.39, 0.29) is 5.91 Å². The van der Waals surface area contributed by atoms with Gasteiger partial charge < -0.3 is 15.2 Å². The highest BCUT2D eigenvalue weighted by atomic mass is 32.2. The summed E-state index contributed by atoms with van der Waals surface area (Å²) in [5.41, 5.74) is 2.38. The minimum Gasteiger partial charge on any atom is -0.367 e. The molecule has 1 aromatic carbocycles. The minimum absolute atomic E-state index is 0.151. The molecule has 0 spiro atoms. The third-order valence-electron chi connectivity index (χ3n) is 5.51. The second kappa shape index (κ2) is 9.25. The number of H-pyrrole nitrogens is 1. The quantitative estimate of drug-likeness (QED) is 0.586. The number of para-hydroxylation sites is 2. The van der Waals surface area contributed by atoms with Crippen LogP contribution in [0, 0.1) is 0 Å². The first-order valence-corrected chi connectivity index (χ1v) is 12.2. The van der Waals surface area contributed by atoms with E-state index in [1.54, 1.807) is 29.3 Å². The molecule has 4 heterocycles. The van der Waals surface area contributed by atoms with Gasteiger partial charge in [0.2, 0.25) is 0 Å². The van der Waals surface area contributed by atoms with Crippen molar-refractivity contribution < 1.29 is 4.79 Å². The predicted molar refractivity (Wildman–Crippen MR) is 127 cm³/mol. The summed E-state index contributed by atoms with van der Waals surface area (Å²) < 4.78 is 0. The highest BCUT2D eigenvalue weighted by Gasteiger charge is 2.22. The number of benzene rings is 1. The van der Waals surface area contributed by atoms with Crippen molar-refractivity contribution >= 4 is 40.4 Å². The number of thiazole rings is 1. The van der Waals surface area contributed by atoms with E-state index in [1.807, 2.05) is 29.8 Å². The number of imidazole rings is 1. The molecule has 160 valence electrons. The van der Waals surface area contributed by atoms with E-state index in [0.29, 0.717) is 10.9 Å². The molecule has 2 N–H and O–H groups in total. The summed E-state index contributed by atoms with van der Waals surface area (Å²) in [6.45, 7) is 4.54. The zero-order valence-corrected chi connectivity index (χ0v) is 18.7. The lowest BCUT2D eigenvalue weighted by Gasteiger charge is -2.36. The smallest absolute Gasteiger partial charge is 0.275 e. The van der Waals surface area contributed by atoms with Crippen LogP contribution in [0.5, 0.6) is 0 Å². The second-order valence-corrected chi connectivity index (χ2v) is 9.58. The van der Waals surface area contributed by atoms with E-state index in [1.165, 1.54) is 0 Å². The van der Waals surface area contributed by atoms with Crippen LogP contribution < -0.4 is 10.2 Å². The van der Waals surface area contributed by atoms with Crippen LogP contribution in [0.1, 0.15) is 33.0 Å². The Balaban J connectivity index is 1.23. The molecule has 1 atom stereocenters. The molecule has 0 aliphatic carbocycles. The number of anilines is 2. The Morgan fingerprint density at radius 3 is 2.87 bits per heavy atom. The molecule has 31 heavy (non-hydrogen) atoms. The van der Waals surface area contributed by atoms with Crippen LogP contribution in [-0.2, 0) is 6.54 Å². The Bertz CT molecular complexity index is 1050. The second-order valence-electron chi connectivity index (χ2n) is 7.57. The van der Waals surface area contributed by atoms with Crippen molar-refractivity contribution in [1.29, 1.82) is 0 Å². The Morgan fingerprint density at radius 2 is 2.10 bits per heavy atom. The average Bonchev–Trinajstić information content (AvgIpc) is 3.56. The van der Waals surface area contributed by atoms with Gasteiger partial charge in [0.05, 0.1) is 23.2 Å². The van der Waals surface area contributed by atoms with Crippen molar-refractivity contribution in [3.05, 3.63) is 70.0 Å². The summed E-state index contributed by atoms with van der Waals surface area (Å²) >= 11 is 3.33. The molecule has 5 rings (SSSR count). The third-order valence-corrected chi connectivity index (χ3v) is 7.71. The maximum atomic E-state index is 12.9. The molecule has 7 nitrogen and oxygen atoms in total. The number of carbonyl (C=O) groups is 1. The lowest BCUT2D eigenvalue weighted by atomic mass is 10.2. The summed E-state index contributed by atoms with van der Waals surface area (Å²) in [6, 6.07) is 8.02. The molecule has 2 aromatic heterocycles. The fraction of sp³-hybridized carbons (Fsp3) is 0.318. The Labute approximate surface area is 189 Å². The first kappa shape index (κ1) is 20.3. The number of nitrogens with zero attached hydrogens (tertiary/aromatic N) is 4. The van der Waals surface area contributed by atoms with Crippen molar-refractivity contribution in [2.24, 2.45) is 0 Å². The first-order valence-electron chi connectivity index (χ1n) is 10.4. The molecular formula is C22H24N6OS2. The van der Waals surface area contributed by atoms with Gasteiger partial charge in [-0.1, -0.05) is 18.2 Å². The highest BCUT2D eigenvalue weighted by Crippen LogP contribution is 2.39. The van der Waals surface area contributed by atoms with Crippen molar-refractivity contribution in [1.82, 2.24) is 19.9 Å². The number of hydrogen-bond donors (Lipinski definition) is 2. The normalized spacial score (nSPS) is 19.1. The molecule has 9 heteroatoms. The van der Waals surface area contributed by atoms with Crippen molar-refractivity contribution in [3.63, 3.8) is 0 Å². The zero-order chi connectivity index (χ0) is 21.0. The largest absolute Gasteiger partial charge is 0.367 e. The molecule has 1 saturated heterocycles. The Morgan fingerprint density at radius 1 is 1.23 bits per heavy atom. The fourth-order valence-electron chi connectivity index (χ4n) is 3.87. The average molecular weight is 453 g/mol. The number of rotatable bonds is 6. The summed E-state index contributed by atoms with van der Waals surface area (Å²) in [6.07, 6.45) is 6.79. The molecule has 0 bridgehead atoms. The Hall–Kier alpha value is -2.62. The standard InChI is InChI=1S/C22H24N6OS2/c29-21(17-15-31-22(26-17)19-6-3-13-30-19)25-16-4-1-2-5-18(16)28-11-9-27(10-12-28)14-20-23-7-8-24-20/h1-5,7-8,13,15,19H,6,9-12,14H2,(H,23,24)(H,25,29). The number of hydrogen-bond acceptors (Lipinski definition) is 7. The van der Waals surface area contributed by atoms with Gasteiger partial charge in [-0.2, -0.15) is 0 Å². The van der Waals surface area contributed by atoms with Crippen LogP contribution in [-0.4, -0.2) is 51.9 Å². The van der Waals surface area contributed by atoms with E-state index < -0.39 is 0 Å². The van der Waals surface area contributed by atoms with Gasteiger partial charge in [-0.05, 0) is 24.0 Å². The molecule has 1 unspecified atom stereocenters. The number of carbonyl (C=O) groups excluding carboxylic acids is 1. The van der Waals surface area contributed by atoms with Gasteiger partial charge in [0.1, 0.15) is 16.5 Å². The molecule has 0 radical (unpaired) electrons. The molecule has 0 saturated carbocycles. The van der Waals surface area contributed by atoms with E-state index in [4.69, 9.17) is 0 Å². The number of piperazine rings is 1. The van der Waals surface area contributed by atoms with Crippen molar-refractivity contribution in [2.45, 2.75) is 18.2 Å². The Kier molecular flexibility index (Phi) is 6.06. The third kappa shape index (κ3) is 4.68. The van der Waals surface area contributed by atoms with Crippen LogP contribution in [0.4, 0.5) is 11.4 Å². The van der Waals surface area contributed by atoms with Crippen LogP contribution in [0.25, 0.3) is 0 Å². The van der Waals surface area contributed by atoms with Gasteiger partial charge in [0.25, 0.3) is 5.91 Å². The molecule has 1 fully saturated rings. The number of allylic oxidation sites excluding steroid dienone is 1. The molecule has 2 aliphatic heterocycles. The number of thioether (sulfide) groups is 1. The summed E-state index contributed by atoms with van der Waals surface area (Å²) in [4.78, 5) is 29.7. The van der Waals surface area contributed by atoms with E-state index in [2.05, 4.69) is 47.6 Å². The van der Waals surface area contributed by atoms with Crippen LogP contribution in [0.2, 0.25) is 0 Å². The lowest BCUT2D eigenvalue weighted by Crippen LogP contribution is -2.46. The predicted octanol–water partition coefficient (Wildman–Crippen LogP) is 4.13. The lowest BCUT2D eigenvalue weighted by molar-refractivity contribution is 0.102. The zero-order valence-electron chi connectivity index (χ0n) is 17.0. The van der Waals surface area contributed by atoms with E-state index >= 15 is 0 Å². The fourth-order valence-corrected chi connectivity index (χ4v) is 5.80. The number of amides is 1. The van der Waals surface area contributed by atoms with Gasteiger partial charge in [-0.15, -0.1) is 23.1 Å². The van der Waals surface area contributed by atoms with Gasteiger partial charge in [-0.25, -0.2) is 9.97 Å². The monoisotopic (exact) mass is 452 g/mol. The minimum atomic E-state index is -0.151. The molecule has 1 amide bonds. The summed E-state index contributed by atoms with van der Waals surface area (Å²) in [5, 5.41) is 8.42. The SMILES string of the molecule is O=C(Nc1ccccc1N1CCN(Cc2ncc[nH]2)CC1)c1csc(C2CC=CS2)n1. The van der Waals surface area contributed by atoms with Crippen molar-refractivity contribution in [2.75, 3.05) is 36.4 Å². The molecule has 3 aromatic rings. The molecule has 2 aliphatic rings. The van der Waals surface area contributed by atoms with Gasteiger partial charge in [0, 0.05) is 44.0 Å². The van der Waals surface area contributed by atoms with E-state index in [0.717, 1.165) is 61.4 Å². The van der Waals surface area contributed by atoms with Crippen LogP contribution in [0.3, 0.4) is 0 Å². The van der Waals surface area contributed by atoms with Crippen molar-refractivity contribution in [3.8, 4) is 0 Å². The summed E-state index contributed by atoms with van der Waals surface area (Å²) in [7, 11) is 0. The van der Waals surface area contributed by atoms with Gasteiger partial charge in [0.15, 0.2) is 0 Å². The number of aromatic nitrogens is 3. The number of aromatic amines is 1. The van der Waals surface area contributed by atoms with Gasteiger partial charge >= 0.3 is 0 Å². The maximum absolute atomic E-state index is 12.9. The van der Waals surface area contributed by atoms with E-state index in [9.17, 15) is 4.79 Å². The number of nitrogens with one attached hydrogen (secondary N) is 2. The highest BCUT2D eigenvalue weighted by molar-refractivity contribution is 8.02. The summed E-state index contributed by atoms with van der Waals surface area (Å²) in [5.74, 6) is 0.845. The van der Waals surface area contributed by atoms with Crippen LogP contribution in [0.15, 0.2) is 53.5 Å².